The van der Waals surface area contributed by atoms with Crippen LogP contribution in [0.1, 0.15) is 30.1 Å². The summed E-state index contributed by atoms with van der Waals surface area (Å²) in [5.74, 6) is -1.24. The van der Waals surface area contributed by atoms with Crippen molar-refractivity contribution in [2.45, 2.75) is 19.8 Å². The van der Waals surface area contributed by atoms with Crippen molar-refractivity contribution in [1.82, 2.24) is 4.90 Å². The van der Waals surface area contributed by atoms with Crippen molar-refractivity contribution in [3.63, 3.8) is 0 Å². The fourth-order valence-corrected chi connectivity index (χ4v) is 4.56. The van der Waals surface area contributed by atoms with E-state index in [9.17, 15) is 19.2 Å². The molecule has 1 saturated heterocycles. The number of anilines is 1. The number of ether oxygens (including phenoxy) is 1. The first-order valence-electron chi connectivity index (χ1n) is 9.60. The first kappa shape index (κ1) is 18.4. The fraction of sp³-hybridized carbons (Fsp3) is 0.429. The number of benzene rings is 1. The molecule has 3 aliphatic rings. The topological polar surface area (TPSA) is 92.8 Å². The highest BCUT2D eigenvalue weighted by atomic mass is 16.5. The highest BCUT2D eigenvalue weighted by molar-refractivity contribution is 6.06. The molecule has 1 saturated carbocycles. The molecule has 1 aromatic rings. The van der Waals surface area contributed by atoms with Gasteiger partial charge in [-0.1, -0.05) is 18.2 Å². The van der Waals surface area contributed by atoms with Gasteiger partial charge < -0.3 is 10.1 Å². The minimum absolute atomic E-state index is 0.0172. The second-order valence-corrected chi connectivity index (χ2v) is 7.43. The van der Waals surface area contributed by atoms with E-state index in [-0.39, 0.29) is 61.0 Å². The van der Waals surface area contributed by atoms with Crippen LogP contribution in [0.4, 0.5) is 5.69 Å². The monoisotopic (exact) mass is 382 g/mol. The van der Waals surface area contributed by atoms with Crippen molar-refractivity contribution in [2.75, 3.05) is 18.5 Å². The van der Waals surface area contributed by atoms with Gasteiger partial charge in [-0.3, -0.25) is 19.3 Å². The number of carbonyl (C=O) groups is 4. The molecule has 1 aromatic carbocycles. The van der Waals surface area contributed by atoms with Gasteiger partial charge >= 0.3 is 5.97 Å². The molecule has 0 aromatic heterocycles. The maximum Gasteiger partial charge on any atom is 0.338 e. The molecule has 0 radical (unpaired) electrons. The summed E-state index contributed by atoms with van der Waals surface area (Å²) < 4.78 is 4.95. The van der Waals surface area contributed by atoms with E-state index in [0.717, 1.165) is 6.42 Å². The Morgan fingerprint density at radius 3 is 2.46 bits per heavy atom. The van der Waals surface area contributed by atoms with Crippen LogP contribution in [0.5, 0.6) is 0 Å². The number of hydrogen-bond acceptors (Lipinski definition) is 5. The number of rotatable bonds is 6. The van der Waals surface area contributed by atoms with Gasteiger partial charge in [-0.05, 0) is 43.4 Å². The van der Waals surface area contributed by atoms with Gasteiger partial charge in [0.25, 0.3) is 0 Å². The molecule has 1 aliphatic heterocycles. The number of carbonyl (C=O) groups excluding carboxylic acids is 4. The Hall–Kier alpha value is -2.96. The molecule has 0 unspecified atom stereocenters. The number of nitrogens with one attached hydrogen (secondary N) is 1. The zero-order valence-corrected chi connectivity index (χ0v) is 15.6. The Balaban J connectivity index is 1.34. The average Bonchev–Trinajstić information content (AvgIpc) is 3.35. The number of esters is 1. The van der Waals surface area contributed by atoms with E-state index in [4.69, 9.17) is 4.74 Å². The molecule has 4 rings (SSSR count). The second-order valence-electron chi connectivity index (χ2n) is 7.43. The Morgan fingerprint density at radius 1 is 1.14 bits per heavy atom. The van der Waals surface area contributed by atoms with Crippen LogP contribution in [-0.4, -0.2) is 41.7 Å². The molecular weight excluding hydrogens is 360 g/mol. The van der Waals surface area contributed by atoms with Gasteiger partial charge in [0.2, 0.25) is 17.7 Å². The van der Waals surface area contributed by atoms with E-state index in [0.29, 0.717) is 11.3 Å². The largest absolute Gasteiger partial charge is 0.462 e. The lowest BCUT2D eigenvalue weighted by molar-refractivity contribution is -0.140. The number of nitrogens with zero attached hydrogens (tertiary/aromatic N) is 1. The molecular formula is C21H22N2O5. The van der Waals surface area contributed by atoms with Gasteiger partial charge in [0.15, 0.2) is 0 Å². The first-order valence-corrected chi connectivity index (χ1v) is 9.60. The molecule has 7 heteroatoms. The predicted octanol–water partition coefficient (Wildman–Crippen LogP) is 2.00. The summed E-state index contributed by atoms with van der Waals surface area (Å²) in [6, 6.07) is 6.46. The molecule has 146 valence electrons. The highest BCUT2D eigenvalue weighted by Gasteiger charge is 2.58. The summed E-state index contributed by atoms with van der Waals surface area (Å²) in [6.45, 7) is 2.07. The van der Waals surface area contributed by atoms with Crippen LogP contribution < -0.4 is 5.32 Å². The van der Waals surface area contributed by atoms with Gasteiger partial charge in [0.1, 0.15) is 0 Å². The standard InChI is InChI=1S/C21H22N2O5/c1-2-28-21(27)14-4-3-5-15(11-14)22-16(24)8-9-23-19(25)17-12-6-7-13(10-12)18(17)20(23)26/h3-7,11-13,17-18H,2,8-10H2,1H3,(H,22,24)/t12-,13-,17+,18+/m0/s1. The van der Waals surface area contributed by atoms with Crippen molar-refractivity contribution < 1.29 is 23.9 Å². The summed E-state index contributed by atoms with van der Waals surface area (Å²) in [7, 11) is 0. The number of hydrogen-bond donors (Lipinski definition) is 1. The van der Waals surface area contributed by atoms with Crippen LogP contribution in [0, 0.1) is 23.7 Å². The molecule has 2 fully saturated rings. The van der Waals surface area contributed by atoms with Gasteiger partial charge in [-0.25, -0.2) is 4.79 Å². The van der Waals surface area contributed by atoms with Crippen LogP contribution in [-0.2, 0) is 19.1 Å². The zero-order valence-electron chi connectivity index (χ0n) is 15.6. The Morgan fingerprint density at radius 2 is 1.82 bits per heavy atom. The molecule has 2 bridgehead atoms. The zero-order chi connectivity index (χ0) is 19.8. The molecule has 0 spiro atoms. The van der Waals surface area contributed by atoms with E-state index in [2.05, 4.69) is 5.32 Å². The summed E-state index contributed by atoms with van der Waals surface area (Å²) in [5.41, 5.74) is 0.814. The summed E-state index contributed by atoms with van der Waals surface area (Å²) in [5, 5.41) is 2.70. The molecule has 1 heterocycles. The molecule has 1 N–H and O–H groups in total. The van der Waals surface area contributed by atoms with Crippen LogP contribution in [0.15, 0.2) is 36.4 Å². The van der Waals surface area contributed by atoms with Crippen LogP contribution >= 0.6 is 0 Å². The minimum Gasteiger partial charge on any atom is -0.462 e. The van der Waals surface area contributed by atoms with Gasteiger partial charge in [-0.15, -0.1) is 0 Å². The van der Waals surface area contributed by atoms with E-state index in [1.54, 1.807) is 25.1 Å². The molecule has 4 atom stereocenters. The van der Waals surface area contributed by atoms with Crippen molar-refractivity contribution in [1.29, 1.82) is 0 Å². The Kier molecular flexibility index (Phi) is 4.75. The van der Waals surface area contributed by atoms with Crippen LogP contribution in [0.25, 0.3) is 0 Å². The van der Waals surface area contributed by atoms with Gasteiger partial charge in [-0.2, -0.15) is 0 Å². The van der Waals surface area contributed by atoms with E-state index >= 15 is 0 Å². The first-order chi connectivity index (χ1) is 13.5. The van der Waals surface area contributed by atoms with E-state index in [1.165, 1.54) is 11.0 Å². The fourth-order valence-electron chi connectivity index (χ4n) is 4.56. The number of likely N-dealkylation sites (tertiary alicyclic amines) is 1. The minimum atomic E-state index is -0.457. The summed E-state index contributed by atoms with van der Waals surface area (Å²) in [6.07, 6.45) is 4.99. The van der Waals surface area contributed by atoms with Crippen molar-refractivity contribution in [3.05, 3.63) is 42.0 Å². The third-order valence-corrected chi connectivity index (χ3v) is 5.78. The highest BCUT2D eigenvalue weighted by Crippen LogP contribution is 2.52. The third-order valence-electron chi connectivity index (χ3n) is 5.78. The van der Waals surface area contributed by atoms with Crippen molar-refractivity contribution in [3.8, 4) is 0 Å². The van der Waals surface area contributed by atoms with Crippen LogP contribution in [0.2, 0.25) is 0 Å². The Labute approximate surface area is 162 Å². The summed E-state index contributed by atoms with van der Waals surface area (Å²) >= 11 is 0. The summed E-state index contributed by atoms with van der Waals surface area (Å²) in [4.78, 5) is 50.6. The molecule has 7 nitrogen and oxygen atoms in total. The maximum atomic E-state index is 12.6. The van der Waals surface area contributed by atoms with Crippen LogP contribution in [0.3, 0.4) is 0 Å². The molecule has 28 heavy (non-hydrogen) atoms. The molecule has 2 aliphatic carbocycles. The number of amides is 3. The normalized spacial score (nSPS) is 27.2. The van der Waals surface area contributed by atoms with Gasteiger partial charge in [0.05, 0.1) is 24.0 Å². The lowest BCUT2D eigenvalue weighted by Gasteiger charge is -2.17. The van der Waals surface area contributed by atoms with Gasteiger partial charge in [0, 0.05) is 18.7 Å². The maximum absolute atomic E-state index is 12.6. The quantitative estimate of drug-likeness (QED) is 0.461. The SMILES string of the molecule is CCOC(=O)c1cccc(NC(=O)CCN2C(=O)[C@H]3[C@H](C2=O)[C@H]2C=C[C@H]3C2)c1. The smallest absolute Gasteiger partial charge is 0.338 e. The Bertz CT molecular complexity index is 847. The third kappa shape index (κ3) is 3.10. The lowest BCUT2D eigenvalue weighted by atomic mass is 9.85. The number of allylic oxidation sites excluding steroid dienone is 2. The van der Waals surface area contributed by atoms with E-state index in [1.807, 2.05) is 12.2 Å². The van der Waals surface area contributed by atoms with Crippen molar-refractivity contribution in [2.24, 2.45) is 23.7 Å². The average molecular weight is 382 g/mol. The number of imide groups is 1. The second kappa shape index (κ2) is 7.22. The van der Waals surface area contributed by atoms with Crippen molar-refractivity contribution >= 4 is 29.4 Å². The van der Waals surface area contributed by atoms with E-state index < -0.39 is 5.97 Å². The molecule has 3 amide bonds. The lowest BCUT2D eigenvalue weighted by Crippen LogP contribution is -2.35. The predicted molar refractivity (Wildman–Crippen MR) is 100 cm³/mol. The number of fused-ring (bicyclic) bond motifs is 5.